The van der Waals surface area contributed by atoms with Gasteiger partial charge < -0.3 is 20.4 Å². The molecule has 0 saturated heterocycles. The molecule has 1 saturated carbocycles. The van der Waals surface area contributed by atoms with Crippen molar-refractivity contribution in [3.63, 3.8) is 0 Å². The number of carbonyl (C=O) groups is 2. The molecule has 2 amide bonds. The van der Waals surface area contributed by atoms with Gasteiger partial charge in [-0.2, -0.15) is 0 Å². The van der Waals surface area contributed by atoms with Gasteiger partial charge >= 0.3 is 6.09 Å². The van der Waals surface area contributed by atoms with E-state index in [0.717, 1.165) is 36.6 Å². The van der Waals surface area contributed by atoms with Crippen molar-refractivity contribution >= 4 is 34.5 Å². The van der Waals surface area contributed by atoms with E-state index < -0.39 is 11.7 Å². The van der Waals surface area contributed by atoms with Crippen LogP contribution in [0.5, 0.6) is 0 Å². The molecule has 6 nitrogen and oxygen atoms in total. The van der Waals surface area contributed by atoms with Gasteiger partial charge in [0.1, 0.15) is 11.3 Å². The second-order valence-electron chi connectivity index (χ2n) is 8.03. The molecule has 1 fully saturated rings. The Balaban J connectivity index is 1.67. The lowest BCUT2D eigenvalue weighted by molar-refractivity contribution is 0.0474. The first-order valence-corrected chi connectivity index (χ1v) is 9.68. The van der Waals surface area contributed by atoms with Crippen LogP contribution in [0.25, 0.3) is 10.9 Å². The smallest absolute Gasteiger partial charge is 0.407 e. The minimum atomic E-state index is -0.552. The summed E-state index contributed by atoms with van der Waals surface area (Å²) in [7, 11) is 0. The van der Waals surface area contributed by atoms with Crippen molar-refractivity contribution in [1.29, 1.82) is 0 Å². The molecule has 1 aromatic heterocycles. The van der Waals surface area contributed by atoms with E-state index >= 15 is 0 Å². The van der Waals surface area contributed by atoms with Gasteiger partial charge in [0, 0.05) is 22.0 Å². The molecule has 0 bridgehead atoms. The fourth-order valence-corrected chi connectivity index (χ4v) is 3.59. The van der Waals surface area contributed by atoms with Crippen LogP contribution in [0.3, 0.4) is 0 Å². The minimum Gasteiger partial charge on any atom is -0.444 e. The SMILES string of the molecule is CC(C)(C)OC(=O)N[C@H]1CCCC[C@H]1NC(=O)c1cc2cc(Cl)ccc2[nH]1. The topological polar surface area (TPSA) is 83.2 Å². The van der Waals surface area contributed by atoms with Crippen LogP contribution in [0.4, 0.5) is 4.79 Å². The van der Waals surface area contributed by atoms with E-state index in [4.69, 9.17) is 16.3 Å². The van der Waals surface area contributed by atoms with Crippen molar-refractivity contribution in [1.82, 2.24) is 15.6 Å². The predicted molar refractivity (Wildman–Crippen MR) is 106 cm³/mol. The van der Waals surface area contributed by atoms with Crippen LogP contribution in [0.2, 0.25) is 5.02 Å². The Kier molecular flexibility index (Phi) is 5.65. The summed E-state index contributed by atoms with van der Waals surface area (Å²) in [6, 6.07) is 6.96. The maximum atomic E-state index is 12.7. The molecule has 1 aliphatic carbocycles. The van der Waals surface area contributed by atoms with Crippen molar-refractivity contribution in [2.45, 2.75) is 64.1 Å². The summed E-state index contributed by atoms with van der Waals surface area (Å²) in [4.78, 5) is 27.9. The van der Waals surface area contributed by atoms with Gasteiger partial charge in [0.15, 0.2) is 0 Å². The Labute approximate surface area is 164 Å². The first-order valence-electron chi connectivity index (χ1n) is 9.30. The fourth-order valence-electron chi connectivity index (χ4n) is 3.41. The Morgan fingerprint density at radius 1 is 1.11 bits per heavy atom. The molecular formula is C20H26ClN3O3. The average molecular weight is 392 g/mol. The summed E-state index contributed by atoms with van der Waals surface area (Å²) in [6.45, 7) is 5.48. The first kappa shape index (κ1) is 19.5. The van der Waals surface area contributed by atoms with Gasteiger partial charge in [0.2, 0.25) is 0 Å². The summed E-state index contributed by atoms with van der Waals surface area (Å²) in [6.07, 6.45) is 3.20. The summed E-state index contributed by atoms with van der Waals surface area (Å²) in [5, 5.41) is 7.48. The molecule has 1 aromatic carbocycles. The standard InChI is InChI=1S/C20H26ClN3O3/c1-20(2,3)27-19(26)24-16-7-5-4-6-15(16)23-18(25)17-11-12-10-13(21)8-9-14(12)22-17/h8-11,15-16,22H,4-7H2,1-3H3,(H,23,25)(H,24,26)/t15-,16+/m1/s1. The van der Waals surface area contributed by atoms with E-state index in [-0.39, 0.29) is 18.0 Å². The van der Waals surface area contributed by atoms with Crippen molar-refractivity contribution in [3.05, 3.63) is 35.0 Å². The number of amides is 2. The van der Waals surface area contributed by atoms with Gasteiger partial charge in [-0.25, -0.2) is 4.79 Å². The number of ether oxygens (including phenoxy) is 1. The van der Waals surface area contributed by atoms with Gasteiger partial charge in [0.05, 0.1) is 6.04 Å². The molecule has 0 spiro atoms. The minimum absolute atomic E-state index is 0.131. The van der Waals surface area contributed by atoms with Gasteiger partial charge in [-0.15, -0.1) is 0 Å². The quantitative estimate of drug-likeness (QED) is 0.725. The molecule has 2 aromatic rings. The van der Waals surface area contributed by atoms with Crippen LogP contribution >= 0.6 is 11.6 Å². The highest BCUT2D eigenvalue weighted by molar-refractivity contribution is 6.31. The van der Waals surface area contributed by atoms with Crippen molar-refractivity contribution in [3.8, 4) is 0 Å². The number of hydrogen-bond acceptors (Lipinski definition) is 3. The zero-order valence-corrected chi connectivity index (χ0v) is 16.7. The lowest BCUT2D eigenvalue weighted by Crippen LogP contribution is -2.54. The molecule has 7 heteroatoms. The summed E-state index contributed by atoms with van der Waals surface area (Å²) in [5.41, 5.74) is 0.786. The highest BCUT2D eigenvalue weighted by Crippen LogP contribution is 2.22. The number of rotatable bonds is 3. The van der Waals surface area contributed by atoms with Crippen LogP contribution in [-0.2, 0) is 4.74 Å². The molecule has 27 heavy (non-hydrogen) atoms. The Hall–Kier alpha value is -2.21. The number of H-pyrrole nitrogens is 1. The maximum Gasteiger partial charge on any atom is 0.407 e. The van der Waals surface area contributed by atoms with E-state index in [9.17, 15) is 9.59 Å². The van der Waals surface area contributed by atoms with Gasteiger partial charge in [-0.1, -0.05) is 24.4 Å². The second kappa shape index (κ2) is 7.80. The normalized spacial score (nSPS) is 20.3. The molecule has 146 valence electrons. The number of carbonyl (C=O) groups excluding carboxylic acids is 2. The Morgan fingerprint density at radius 2 is 1.78 bits per heavy atom. The third-order valence-corrected chi connectivity index (χ3v) is 4.85. The zero-order chi connectivity index (χ0) is 19.6. The second-order valence-corrected chi connectivity index (χ2v) is 8.47. The van der Waals surface area contributed by atoms with Crippen LogP contribution < -0.4 is 10.6 Å². The van der Waals surface area contributed by atoms with Crippen LogP contribution in [0.1, 0.15) is 56.9 Å². The van der Waals surface area contributed by atoms with Crippen molar-refractivity contribution in [2.75, 3.05) is 0 Å². The van der Waals surface area contributed by atoms with E-state index in [2.05, 4.69) is 15.6 Å². The first-order chi connectivity index (χ1) is 12.7. The number of benzene rings is 1. The molecular weight excluding hydrogens is 366 g/mol. The Bertz CT molecular complexity index is 841. The van der Waals surface area contributed by atoms with Gasteiger partial charge in [0.25, 0.3) is 5.91 Å². The fraction of sp³-hybridized carbons (Fsp3) is 0.500. The number of alkyl carbamates (subject to hydrolysis) is 1. The number of halogens is 1. The van der Waals surface area contributed by atoms with Crippen molar-refractivity contribution in [2.24, 2.45) is 0 Å². The van der Waals surface area contributed by atoms with E-state index in [1.165, 1.54) is 0 Å². The monoisotopic (exact) mass is 391 g/mol. The number of aromatic nitrogens is 1. The number of hydrogen-bond donors (Lipinski definition) is 3. The molecule has 1 heterocycles. The molecule has 3 N–H and O–H groups in total. The number of fused-ring (bicyclic) bond motifs is 1. The number of aromatic amines is 1. The van der Waals surface area contributed by atoms with E-state index in [0.29, 0.717) is 10.7 Å². The lowest BCUT2D eigenvalue weighted by Gasteiger charge is -2.33. The lowest BCUT2D eigenvalue weighted by atomic mass is 9.90. The molecule has 0 unspecified atom stereocenters. The highest BCUT2D eigenvalue weighted by atomic mass is 35.5. The molecule has 1 aliphatic rings. The summed E-state index contributed by atoms with van der Waals surface area (Å²) < 4.78 is 5.35. The molecule has 3 rings (SSSR count). The van der Waals surface area contributed by atoms with Gasteiger partial charge in [-0.05, 0) is 57.9 Å². The van der Waals surface area contributed by atoms with Crippen LogP contribution in [-0.4, -0.2) is 34.7 Å². The number of nitrogens with one attached hydrogen (secondary N) is 3. The third kappa shape index (κ3) is 5.16. The molecule has 0 radical (unpaired) electrons. The predicted octanol–water partition coefficient (Wildman–Crippen LogP) is 4.39. The van der Waals surface area contributed by atoms with Crippen LogP contribution in [0, 0.1) is 0 Å². The largest absolute Gasteiger partial charge is 0.444 e. The van der Waals surface area contributed by atoms with Crippen molar-refractivity contribution < 1.29 is 14.3 Å². The maximum absolute atomic E-state index is 12.7. The van der Waals surface area contributed by atoms with E-state index in [1.54, 1.807) is 12.1 Å². The van der Waals surface area contributed by atoms with E-state index in [1.807, 2.05) is 32.9 Å². The third-order valence-electron chi connectivity index (χ3n) is 4.61. The summed E-state index contributed by atoms with van der Waals surface area (Å²) in [5.74, 6) is -0.190. The Morgan fingerprint density at radius 3 is 2.44 bits per heavy atom. The summed E-state index contributed by atoms with van der Waals surface area (Å²) >= 11 is 6.01. The zero-order valence-electron chi connectivity index (χ0n) is 15.9. The average Bonchev–Trinajstić information content (AvgIpc) is 2.98. The highest BCUT2D eigenvalue weighted by Gasteiger charge is 2.30. The molecule has 0 aliphatic heterocycles. The molecule has 2 atom stereocenters. The van der Waals surface area contributed by atoms with Crippen LogP contribution in [0.15, 0.2) is 24.3 Å². The van der Waals surface area contributed by atoms with Gasteiger partial charge in [-0.3, -0.25) is 4.79 Å².